The van der Waals surface area contributed by atoms with Gasteiger partial charge in [0.1, 0.15) is 5.82 Å². The highest BCUT2D eigenvalue weighted by Gasteiger charge is 2.09. The van der Waals surface area contributed by atoms with Crippen LogP contribution in [0.4, 0.5) is 11.5 Å². The van der Waals surface area contributed by atoms with Gasteiger partial charge in [-0.15, -0.1) is 0 Å². The zero-order valence-electron chi connectivity index (χ0n) is 14.5. The molecule has 0 aliphatic carbocycles. The molecule has 2 N–H and O–H groups in total. The Labute approximate surface area is 159 Å². The van der Waals surface area contributed by atoms with Crippen LogP contribution in [-0.4, -0.2) is 23.2 Å². The van der Waals surface area contributed by atoms with Gasteiger partial charge in [-0.25, -0.2) is 4.98 Å². The monoisotopic (exact) mass is 367 g/mol. The molecule has 0 saturated carbocycles. The Balaban J connectivity index is 1.70. The van der Waals surface area contributed by atoms with Crippen molar-refractivity contribution in [1.82, 2.24) is 4.98 Å². The number of aliphatic hydroxyl groups excluding tert-OH is 1. The fourth-order valence-electron chi connectivity index (χ4n) is 2.71. The fraction of sp³-hybridized carbons (Fsp3) is 0.190. The van der Waals surface area contributed by atoms with Crippen LogP contribution in [0.1, 0.15) is 11.1 Å². The van der Waals surface area contributed by atoms with Gasteiger partial charge in [0, 0.05) is 42.6 Å². The third-order valence-corrected chi connectivity index (χ3v) is 4.32. The number of aromatic nitrogens is 1. The zero-order chi connectivity index (χ0) is 18.2. The van der Waals surface area contributed by atoms with E-state index in [2.05, 4.69) is 27.3 Å². The molecule has 4 nitrogen and oxygen atoms in total. The van der Waals surface area contributed by atoms with Gasteiger partial charge in [0.15, 0.2) is 0 Å². The maximum atomic E-state index is 9.42. The van der Waals surface area contributed by atoms with E-state index in [-0.39, 0.29) is 6.61 Å². The standard InChI is InChI=1S/C21H22ClN3O/c22-19-8-6-17(7-9-19)15-24-20-10-11-23-21(14-20)25(12-13-26)16-18-4-2-1-3-5-18/h1-11,14,26H,12-13,15-16H2,(H,23,24). The van der Waals surface area contributed by atoms with Crippen LogP contribution < -0.4 is 10.2 Å². The van der Waals surface area contributed by atoms with Gasteiger partial charge in [0.25, 0.3) is 0 Å². The number of halogens is 1. The molecule has 0 radical (unpaired) electrons. The van der Waals surface area contributed by atoms with E-state index in [1.165, 1.54) is 5.56 Å². The van der Waals surface area contributed by atoms with Crippen molar-refractivity contribution >= 4 is 23.1 Å². The molecule has 5 heteroatoms. The van der Waals surface area contributed by atoms with E-state index in [0.29, 0.717) is 19.6 Å². The van der Waals surface area contributed by atoms with Crippen LogP contribution in [0.5, 0.6) is 0 Å². The smallest absolute Gasteiger partial charge is 0.130 e. The third kappa shape index (κ3) is 5.22. The molecule has 0 atom stereocenters. The summed E-state index contributed by atoms with van der Waals surface area (Å²) in [5, 5.41) is 13.6. The minimum Gasteiger partial charge on any atom is -0.395 e. The van der Waals surface area contributed by atoms with Crippen LogP contribution in [0.15, 0.2) is 72.9 Å². The van der Waals surface area contributed by atoms with E-state index in [1.807, 2.05) is 54.6 Å². The van der Waals surface area contributed by atoms with Gasteiger partial charge in [-0.3, -0.25) is 0 Å². The molecule has 134 valence electrons. The Bertz CT molecular complexity index is 809. The van der Waals surface area contributed by atoms with E-state index in [4.69, 9.17) is 11.6 Å². The van der Waals surface area contributed by atoms with Crippen molar-refractivity contribution in [3.63, 3.8) is 0 Å². The number of benzene rings is 2. The second kappa shape index (κ2) is 9.22. The Hall–Kier alpha value is -2.56. The summed E-state index contributed by atoms with van der Waals surface area (Å²) >= 11 is 5.93. The van der Waals surface area contributed by atoms with Crippen LogP contribution in [0.3, 0.4) is 0 Å². The largest absolute Gasteiger partial charge is 0.395 e. The summed E-state index contributed by atoms with van der Waals surface area (Å²) in [6, 6.07) is 21.9. The molecule has 0 amide bonds. The van der Waals surface area contributed by atoms with Crippen LogP contribution >= 0.6 is 11.6 Å². The zero-order valence-corrected chi connectivity index (χ0v) is 15.2. The van der Waals surface area contributed by atoms with Gasteiger partial charge in [0.2, 0.25) is 0 Å². The van der Waals surface area contributed by atoms with Gasteiger partial charge >= 0.3 is 0 Å². The van der Waals surface area contributed by atoms with Crippen LogP contribution in [-0.2, 0) is 13.1 Å². The number of aliphatic hydroxyl groups is 1. The highest BCUT2D eigenvalue weighted by molar-refractivity contribution is 6.30. The number of nitrogens with zero attached hydrogens (tertiary/aromatic N) is 2. The molecule has 0 saturated heterocycles. The average molecular weight is 368 g/mol. The SMILES string of the molecule is OCCN(Cc1ccccc1)c1cc(NCc2ccc(Cl)cc2)ccn1. The predicted molar refractivity (Wildman–Crippen MR) is 108 cm³/mol. The summed E-state index contributed by atoms with van der Waals surface area (Å²) in [4.78, 5) is 6.55. The molecule has 1 heterocycles. The summed E-state index contributed by atoms with van der Waals surface area (Å²) < 4.78 is 0. The number of pyridine rings is 1. The maximum absolute atomic E-state index is 9.42. The first-order valence-corrected chi connectivity index (χ1v) is 8.96. The van der Waals surface area contributed by atoms with Gasteiger partial charge in [-0.05, 0) is 29.3 Å². The minimum absolute atomic E-state index is 0.0803. The van der Waals surface area contributed by atoms with Crippen molar-refractivity contribution in [2.75, 3.05) is 23.4 Å². The van der Waals surface area contributed by atoms with Crippen molar-refractivity contribution < 1.29 is 5.11 Å². The van der Waals surface area contributed by atoms with Crippen molar-refractivity contribution in [2.24, 2.45) is 0 Å². The lowest BCUT2D eigenvalue weighted by atomic mass is 10.2. The molecule has 2 aromatic carbocycles. The molecule has 26 heavy (non-hydrogen) atoms. The molecule has 0 aliphatic heterocycles. The van der Waals surface area contributed by atoms with E-state index in [1.54, 1.807) is 6.20 Å². The molecule has 0 aliphatic rings. The molecular weight excluding hydrogens is 346 g/mol. The lowest BCUT2D eigenvalue weighted by Gasteiger charge is -2.23. The number of hydrogen-bond acceptors (Lipinski definition) is 4. The summed E-state index contributed by atoms with van der Waals surface area (Å²) in [6.07, 6.45) is 1.79. The lowest BCUT2D eigenvalue weighted by Crippen LogP contribution is -2.27. The van der Waals surface area contributed by atoms with Crippen LogP contribution in [0.2, 0.25) is 5.02 Å². The number of rotatable bonds is 8. The summed E-state index contributed by atoms with van der Waals surface area (Å²) in [5.41, 5.74) is 3.33. The molecule has 0 spiro atoms. The quantitative estimate of drug-likeness (QED) is 0.621. The number of nitrogens with one attached hydrogen (secondary N) is 1. The van der Waals surface area contributed by atoms with Crippen molar-refractivity contribution in [3.8, 4) is 0 Å². The average Bonchev–Trinajstić information content (AvgIpc) is 2.68. The first kappa shape index (κ1) is 18.2. The van der Waals surface area contributed by atoms with Crippen LogP contribution in [0, 0.1) is 0 Å². The van der Waals surface area contributed by atoms with Gasteiger partial charge in [0.05, 0.1) is 6.61 Å². The molecule has 3 rings (SSSR count). The minimum atomic E-state index is 0.0803. The Morgan fingerprint density at radius 3 is 2.46 bits per heavy atom. The number of anilines is 2. The highest BCUT2D eigenvalue weighted by Crippen LogP contribution is 2.19. The maximum Gasteiger partial charge on any atom is 0.130 e. The van der Waals surface area contributed by atoms with Gasteiger partial charge < -0.3 is 15.3 Å². The first-order chi connectivity index (χ1) is 12.7. The molecule has 3 aromatic rings. The molecule has 0 bridgehead atoms. The van der Waals surface area contributed by atoms with Crippen molar-refractivity contribution in [1.29, 1.82) is 0 Å². The second-order valence-electron chi connectivity index (χ2n) is 6.01. The van der Waals surface area contributed by atoms with Gasteiger partial charge in [-0.1, -0.05) is 54.1 Å². The van der Waals surface area contributed by atoms with Gasteiger partial charge in [-0.2, -0.15) is 0 Å². The number of hydrogen-bond donors (Lipinski definition) is 2. The van der Waals surface area contributed by atoms with Crippen molar-refractivity contribution in [2.45, 2.75) is 13.1 Å². The first-order valence-electron chi connectivity index (χ1n) is 8.59. The Kier molecular flexibility index (Phi) is 6.47. The van der Waals surface area contributed by atoms with Crippen molar-refractivity contribution in [3.05, 3.63) is 89.1 Å². The molecule has 0 fully saturated rings. The molecular formula is C21H22ClN3O. The Morgan fingerprint density at radius 2 is 1.73 bits per heavy atom. The second-order valence-corrected chi connectivity index (χ2v) is 6.45. The van der Waals surface area contributed by atoms with E-state index >= 15 is 0 Å². The Morgan fingerprint density at radius 1 is 0.962 bits per heavy atom. The van der Waals surface area contributed by atoms with E-state index in [0.717, 1.165) is 22.1 Å². The normalized spacial score (nSPS) is 10.5. The van der Waals surface area contributed by atoms with E-state index < -0.39 is 0 Å². The molecule has 0 unspecified atom stereocenters. The summed E-state index contributed by atoms with van der Waals surface area (Å²) in [6.45, 7) is 2.02. The third-order valence-electron chi connectivity index (χ3n) is 4.07. The summed E-state index contributed by atoms with van der Waals surface area (Å²) in [7, 11) is 0. The van der Waals surface area contributed by atoms with E-state index in [9.17, 15) is 5.11 Å². The fourth-order valence-corrected chi connectivity index (χ4v) is 2.83. The van der Waals surface area contributed by atoms with Crippen LogP contribution in [0.25, 0.3) is 0 Å². The lowest BCUT2D eigenvalue weighted by molar-refractivity contribution is 0.301. The molecule has 1 aromatic heterocycles. The summed E-state index contributed by atoms with van der Waals surface area (Å²) in [5.74, 6) is 0.837. The topological polar surface area (TPSA) is 48.4 Å². The highest BCUT2D eigenvalue weighted by atomic mass is 35.5. The predicted octanol–water partition coefficient (Wildman–Crippen LogP) is 4.35.